The van der Waals surface area contributed by atoms with E-state index in [1.54, 1.807) is 10.4 Å². The SMILES string of the molecule is CCCN(CCC)S(=O)(=O)c1cc(CCl)ccc1C. The number of hydrogen-bond donors (Lipinski definition) is 0. The number of rotatable bonds is 7. The van der Waals surface area contributed by atoms with Gasteiger partial charge in [-0.2, -0.15) is 4.31 Å². The molecule has 0 unspecified atom stereocenters. The van der Waals surface area contributed by atoms with Crippen molar-refractivity contribution in [2.24, 2.45) is 0 Å². The van der Waals surface area contributed by atoms with Crippen LogP contribution in [0, 0.1) is 6.92 Å². The van der Waals surface area contributed by atoms with Crippen molar-refractivity contribution in [1.82, 2.24) is 4.31 Å². The Morgan fingerprint density at radius 2 is 1.74 bits per heavy atom. The first-order valence-electron chi connectivity index (χ1n) is 6.63. The first-order valence-corrected chi connectivity index (χ1v) is 8.60. The molecule has 0 spiro atoms. The highest BCUT2D eigenvalue weighted by molar-refractivity contribution is 7.89. The van der Waals surface area contributed by atoms with Gasteiger partial charge in [0.05, 0.1) is 4.90 Å². The fraction of sp³-hybridized carbons (Fsp3) is 0.571. The van der Waals surface area contributed by atoms with Crippen LogP contribution in [0.3, 0.4) is 0 Å². The predicted molar refractivity (Wildman–Crippen MR) is 80.1 cm³/mol. The van der Waals surface area contributed by atoms with E-state index >= 15 is 0 Å². The second kappa shape index (κ2) is 7.27. The highest BCUT2D eigenvalue weighted by Gasteiger charge is 2.24. The lowest BCUT2D eigenvalue weighted by molar-refractivity contribution is 0.409. The van der Waals surface area contributed by atoms with E-state index in [4.69, 9.17) is 11.6 Å². The molecule has 108 valence electrons. The summed E-state index contributed by atoms with van der Waals surface area (Å²) in [5.41, 5.74) is 1.60. The summed E-state index contributed by atoms with van der Waals surface area (Å²) in [5.74, 6) is 0.324. The second-order valence-corrected chi connectivity index (χ2v) is 6.81. The van der Waals surface area contributed by atoms with E-state index in [2.05, 4.69) is 0 Å². The zero-order valence-corrected chi connectivity index (χ0v) is 13.4. The van der Waals surface area contributed by atoms with Crippen LogP contribution in [-0.2, 0) is 15.9 Å². The molecule has 1 aromatic carbocycles. The summed E-state index contributed by atoms with van der Waals surface area (Å²) in [4.78, 5) is 0.382. The average molecular weight is 304 g/mol. The Labute approximate surface area is 121 Å². The van der Waals surface area contributed by atoms with Gasteiger partial charge >= 0.3 is 0 Å². The molecule has 0 amide bonds. The third-order valence-electron chi connectivity index (χ3n) is 2.97. The van der Waals surface area contributed by atoms with Crippen LogP contribution in [0.5, 0.6) is 0 Å². The maximum absolute atomic E-state index is 12.7. The lowest BCUT2D eigenvalue weighted by atomic mass is 10.2. The van der Waals surface area contributed by atoms with E-state index in [-0.39, 0.29) is 0 Å². The molecule has 0 saturated heterocycles. The van der Waals surface area contributed by atoms with Gasteiger partial charge in [0.2, 0.25) is 10.0 Å². The fourth-order valence-electron chi connectivity index (χ4n) is 2.00. The molecule has 0 aromatic heterocycles. The third kappa shape index (κ3) is 3.94. The van der Waals surface area contributed by atoms with E-state index in [0.717, 1.165) is 24.0 Å². The van der Waals surface area contributed by atoms with Crippen molar-refractivity contribution in [3.05, 3.63) is 29.3 Å². The quantitative estimate of drug-likeness (QED) is 0.722. The minimum Gasteiger partial charge on any atom is -0.207 e. The van der Waals surface area contributed by atoms with Crippen molar-refractivity contribution in [2.75, 3.05) is 13.1 Å². The van der Waals surface area contributed by atoms with Crippen molar-refractivity contribution >= 4 is 21.6 Å². The molecule has 0 saturated carbocycles. The predicted octanol–water partition coefficient (Wildman–Crippen LogP) is 3.54. The summed E-state index contributed by atoms with van der Waals surface area (Å²) in [6.07, 6.45) is 1.63. The Balaban J connectivity index is 3.23. The number of hydrogen-bond acceptors (Lipinski definition) is 2. The van der Waals surface area contributed by atoms with Gasteiger partial charge in [0.15, 0.2) is 0 Å². The molecule has 0 bridgehead atoms. The summed E-state index contributed by atoms with van der Waals surface area (Å²) in [6.45, 7) is 6.91. The molecule has 0 aliphatic rings. The van der Waals surface area contributed by atoms with Crippen molar-refractivity contribution in [3.8, 4) is 0 Å². The monoisotopic (exact) mass is 303 g/mol. The number of halogens is 1. The van der Waals surface area contributed by atoms with Crippen molar-refractivity contribution in [3.63, 3.8) is 0 Å². The van der Waals surface area contributed by atoms with E-state index in [0.29, 0.717) is 23.9 Å². The molecular formula is C14H22ClNO2S. The highest BCUT2D eigenvalue weighted by atomic mass is 35.5. The molecule has 0 aliphatic heterocycles. The van der Waals surface area contributed by atoms with Gasteiger partial charge in [0.25, 0.3) is 0 Å². The lowest BCUT2D eigenvalue weighted by Gasteiger charge is -2.22. The van der Waals surface area contributed by atoms with Crippen LogP contribution in [0.1, 0.15) is 37.8 Å². The molecule has 0 atom stereocenters. The Bertz CT molecular complexity index is 508. The number of aryl methyl sites for hydroxylation is 1. The number of sulfonamides is 1. The zero-order chi connectivity index (χ0) is 14.5. The van der Waals surface area contributed by atoms with Crippen molar-refractivity contribution in [1.29, 1.82) is 0 Å². The Kier molecular flexibility index (Phi) is 6.30. The Hall–Kier alpha value is -0.580. The molecule has 0 aliphatic carbocycles. The van der Waals surface area contributed by atoms with Gasteiger partial charge in [-0.15, -0.1) is 11.6 Å². The maximum atomic E-state index is 12.7. The number of benzene rings is 1. The van der Waals surface area contributed by atoms with Crippen LogP contribution in [0.15, 0.2) is 23.1 Å². The van der Waals surface area contributed by atoms with Gasteiger partial charge in [0, 0.05) is 19.0 Å². The molecule has 1 aromatic rings. The van der Waals surface area contributed by atoms with Crippen LogP contribution in [0.25, 0.3) is 0 Å². The van der Waals surface area contributed by atoms with Gasteiger partial charge in [-0.05, 0) is 37.0 Å². The van der Waals surface area contributed by atoms with Crippen molar-refractivity contribution in [2.45, 2.75) is 44.4 Å². The smallest absolute Gasteiger partial charge is 0.207 e. The number of nitrogens with zero attached hydrogens (tertiary/aromatic N) is 1. The molecule has 0 radical (unpaired) electrons. The summed E-state index contributed by atoms with van der Waals surface area (Å²) >= 11 is 5.79. The molecule has 0 fully saturated rings. The maximum Gasteiger partial charge on any atom is 0.243 e. The van der Waals surface area contributed by atoms with Gasteiger partial charge < -0.3 is 0 Å². The molecule has 0 N–H and O–H groups in total. The molecule has 1 rings (SSSR count). The van der Waals surface area contributed by atoms with Crippen LogP contribution >= 0.6 is 11.6 Å². The molecular weight excluding hydrogens is 282 g/mol. The summed E-state index contributed by atoms with van der Waals surface area (Å²) < 4.78 is 26.9. The topological polar surface area (TPSA) is 37.4 Å². The summed E-state index contributed by atoms with van der Waals surface area (Å²) in [6, 6.07) is 5.38. The summed E-state index contributed by atoms with van der Waals surface area (Å²) in [7, 11) is -3.41. The standard InChI is InChI=1S/C14H22ClNO2S/c1-4-8-16(9-5-2)19(17,18)14-10-13(11-15)7-6-12(14)3/h6-7,10H,4-5,8-9,11H2,1-3H3. The van der Waals surface area contributed by atoms with E-state index in [1.807, 2.05) is 32.9 Å². The average Bonchev–Trinajstić information content (AvgIpc) is 2.39. The molecule has 0 heterocycles. The minimum absolute atomic E-state index is 0.324. The largest absolute Gasteiger partial charge is 0.243 e. The Morgan fingerprint density at radius 3 is 2.21 bits per heavy atom. The normalized spacial score (nSPS) is 12.1. The Morgan fingerprint density at radius 1 is 1.16 bits per heavy atom. The van der Waals surface area contributed by atoms with Crippen LogP contribution < -0.4 is 0 Å². The van der Waals surface area contributed by atoms with Gasteiger partial charge in [-0.25, -0.2) is 8.42 Å². The third-order valence-corrected chi connectivity index (χ3v) is 5.32. The molecule has 3 nitrogen and oxygen atoms in total. The van der Waals surface area contributed by atoms with Crippen LogP contribution in [-0.4, -0.2) is 25.8 Å². The molecule has 19 heavy (non-hydrogen) atoms. The van der Waals surface area contributed by atoms with Gasteiger partial charge in [0.1, 0.15) is 0 Å². The molecule has 5 heteroatoms. The van der Waals surface area contributed by atoms with E-state index in [9.17, 15) is 8.42 Å². The van der Waals surface area contributed by atoms with Gasteiger partial charge in [-0.3, -0.25) is 0 Å². The van der Waals surface area contributed by atoms with E-state index < -0.39 is 10.0 Å². The first-order chi connectivity index (χ1) is 8.97. The summed E-state index contributed by atoms with van der Waals surface area (Å²) in [5, 5.41) is 0. The lowest BCUT2D eigenvalue weighted by Crippen LogP contribution is -2.33. The van der Waals surface area contributed by atoms with E-state index in [1.165, 1.54) is 0 Å². The van der Waals surface area contributed by atoms with Crippen LogP contribution in [0.4, 0.5) is 0 Å². The van der Waals surface area contributed by atoms with Gasteiger partial charge in [-0.1, -0.05) is 26.0 Å². The zero-order valence-electron chi connectivity index (χ0n) is 11.8. The number of alkyl halides is 1. The minimum atomic E-state index is -3.41. The highest BCUT2D eigenvalue weighted by Crippen LogP contribution is 2.22. The second-order valence-electron chi connectivity index (χ2n) is 4.64. The van der Waals surface area contributed by atoms with Crippen molar-refractivity contribution < 1.29 is 8.42 Å². The fourth-order valence-corrected chi connectivity index (χ4v) is 4.06. The van der Waals surface area contributed by atoms with Crippen LogP contribution in [0.2, 0.25) is 0 Å². The first kappa shape index (κ1) is 16.5.